The fraction of sp³-hybridized carbons (Fsp3) is 0.333. The van der Waals surface area contributed by atoms with E-state index in [2.05, 4.69) is 17.1 Å². The molecule has 1 aromatic heterocycles. The fourth-order valence-electron chi connectivity index (χ4n) is 1.98. The van der Waals surface area contributed by atoms with Gasteiger partial charge in [0.05, 0.1) is 17.1 Å². The van der Waals surface area contributed by atoms with Crippen LogP contribution in [0.25, 0.3) is 0 Å². The predicted octanol–water partition coefficient (Wildman–Crippen LogP) is 2.42. The average molecular weight is 290 g/mol. The molecule has 0 spiro atoms. The number of hydrogen-bond acceptors (Lipinski definition) is 4. The van der Waals surface area contributed by atoms with Crippen molar-refractivity contribution in [3.63, 3.8) is 0 Å². The molecular formula is C15H18N2O2S. The highest BCUT2D eigenvalue weighted by molar-refractivity contribution is 7.11. The van der Waals surface area contributed by atoms with E-state index in [1.165, 1.54) is 5.56 Å². The van der Waals surface area contributed by atoms with Gasteiger partial charge < -0.3 is 10.0 Å². The lowest BCUT2D eigenvalue weighted by Gasteiger charge is -2.07. The van der Waals surface area contributed by atoms with Crippen LogP contribution in [0.3, 0.4) is 0 Å². The number of carbonyl (C=O) groups is 1. The molecule has 0 aliphatic heterocycles. The Morgan fingerprint density at radius 1 is 1.30 bits per heavy atom. The van der Waals surface area contributed by atoms with Crippen LogP contribution in [0.5, 0.6) is 0 Å². The minimum Gasteiger partial charge on any atom is -0.481 e. The molecule has 2 aromatic rings. The van der Waals surface area contributed by atoms with Crippen LogP contribution in [0.1, 0.15) is 21.1 Å². The molecule has 0 saturated carbocycles. The van der Waals surface area contributed by atoms with Crippen LogP contribution in [-0.2, 0) is 24.2 Å². The maximum Gasteiger partial charge on any atom is 0.309 e. The Bertz CT molecular complexity index is 579. The maximum absolute atomic E-state index is 10.9. The fourth-order valence-corrected chi connectivity index (χ4v) is 3.21. The Balaban J connectivity index is 2.21. The second-order valence-electron chi connectivity index (χ2n) is 4.95. The lowest BCUT2D eigenvalue weighted by atomic mass is 10.2. The Hall–Kier alpha value is -1.72. The minimum absolute atomic E-state index is 0.00549. The van der Waals surface area contributed by atoms with Crippen LogP contribution in [0.2, 0.25) is 0 Å². The SMILES string of the molecule is CN(C)Cc1sc(Cc2ccccc2)nc1CC(=O)O. The van der Waals surface area contributed by atoms with Gasteiger partial charge in [0, 0.05) is 17.8 Å². The van der Waals surface area contributed by atoms with Gasteiger partial charge in [0.25, 0.3) is 0 Å². The third-order valence-electron chi connectivity index (χ3n) is 2.80. The molecule has 0 bridgehead atoms. The molecular weight excluding hydrogens is 272 g/mol. The third kappa shape index (κ3) is 4.15. The first-order chi connectivity index (χ1) is 9.54. The van der Waals surface area contributed by atoms with Gasteiger partial charge in [-0.1, -0.05) is 30.3 Å². The van der Waals surface area contributed by atoms with Gasteiger partial charge in [-0.05, 0) is 19.7 Å². The average Bonchev–Trinajstić information content (AvgIpc) is 2.70. The molecule has 1 heterocycles. The Kier molecular flexibility index (Phi) is 4.87. The molecule has 2 rings (SSSR count). The number of thiazole rings is 1. The van der Waals surface area contributed by atoms with Crippen molar-refractivity contribution in [2.24, 2.45) is 0 Å². The van der Waals surface area contributed by atoms with Crippen molar-refractivity contribution in [3.8, 4) is 0 Å². The number of hydrogen-bond donors (Lipinski definition) is 1. The highest BCUT2D eigenvalue weighted by atomic mass is 32.1. The first kappa shape index (κ1) is 14.7. The zero-order chi connectivity index (χ0) is 14.5. The van der Waals surface area contributed by atoms with Crippen molar-refractivity contribution in [2.75, 3.05) is 14.1 Å². The summed E-state index contributed by atoms with van der Waals surface area (Å²) in [5, 5.41) is 9.95. The Morgan fingerprint density at radius 2 is 2.00 bits per heavy atom. The monoisotopic (exact) mass is 290 g/mol. The first-order valence-corrected chi connectivity index (χ1v) is 7.24. The number of aliphatic carboxylic acids is 1. The molecule has 20 heavy (non-hydrogen) atoms. The number of carboxylic acids is 1. The van der Waals surface area contributed by atoms with Crippen LogP contribution >= 0.6 is 11.3 Å². The molecule has 0 fully saturated rings. The molecule has 1 N–H and O–H groups in total. The largest absolute Gasteiger partial charge is 0.481 e. The lowest BCUT2D eigenvalue weighted by molar-refractivity contribution is -0.136. The second-order valence-corrected chi connectivity index (χ2v) is 6.12. The number of benzene rings is 1. The zero-order valence-electron chi connectivity index (χ0n) is 11.7. The van der Waals surface area contributed by atoms with Gasteiger partial charge in [-0.3, -0.25) is 4.79 Å². The summed E-state index contributed by atoms with van der Waals surface area (Å²) >= 11 is 1.61. The molecule has 4 nitrogen and oxygen atoms in total. The van der Waals surface area contributed by atoms with E-state index in [-0.39, 0.29) is 6.42 Å². The van der Waals surface area contributed by atoms with E-state index >= 15 is 0 Å². The summed E-state index contributed by atoms with van der Waals surface area (Å²) in [7, 11) is 3.95. The second kappa shape index (κ2) is 6.63. The molecule has 0 saturated heterocycles. The van der Waals surface area contributed by atoms with Crippen molar-refractivity contribution in [1.29, 1.82) is 0 Å². The number of carboxylic acid groups (broad SMARTS) is 1. The number of nitrogens with zero attached hydrogens (tertiary/aromatic N) is 2. The van der Waals surface area contributed by atoms with Gasteiger partial charge in [-0.25, -0.2) is 4.98 Å². The highest BCUT2D eigenvalue weighted by Gasteiger charge is 2.15. The topological polar surface area (TPSA) is 53.4 Å². The van der Waals surface area contributed by atoms with Gasteiger partial charge in [0.2, 0.25) is 0 Å². The molecule has 0 atom stereocenters. The summed E-state index contributed by atoms with van der Waals surface area (Å²) in [5.74, 6) is -0.832. The Labute approximate surface area is 122 Å². The summed E-state index contributed by atoms with van der Waals surface area (Å²) in [4.78, 5) is 18.5. The number of aromatic nitrogens is 1. The third-order valence-corrected chi connectivity index (χ3v) is 3.88. The molecule has 0 radical (unpaired) electrons. The van der Waals surface area contributed by atoms with Gasteiger partial charge in [0.1, 0.15) is 0 Å². The van der Waals surface area contributed by atoms with Crippen LogP contribution in [0.4, 0.5) is 0 Å². The molecule has 1 aromatic carbocycles. The van der Waals surface area contributed by atoms with Crippen molar-refractivity contribution in [3.05, 3.63) is 51.5 Å². The standard InChI is InChI=1S/C15H18N2O2S/c1-17(2)10-13-12(9-15(18)19)16-14(20-13)8-11-6-4-3-5-7-11/h3-7H,8-10H2,1-2H3,(H,18,19). The lowest BCUT2D eigenvalue weighted by Crippen LogP contribution is -2.12. The van der Waals surface area contributed by atoms with E-state index < -0.39 is 5.97 Å². The van der Waals surface area contributed by atoms with Crippen LogP contribution in [0.15, 0.2) is 30.3 Å². The van der Waals surface area contributed by atoms with Gasteiger partial charge in [0.15, 0.2) is 0 Å². The summed E-state index contributed by atoms with van der Waals surface area (Å²) in [5.41, 5.74) is 1.89. The summed E-state index contributed by atoms with van der Waals surface area (Å²) in [6.45, 7) is 0.731. The van der Waals surface area contributed by atoms with Crippen LogP contribution in [0, 0.1) is 0 Å². The predicted molar refractivity (Wildman–Crippen MR) is 80.1 cm³/mol. The molecule has 5 heteroatoms. The Morgan fingerprint density at radius 3 is 2.60 bits per heavy atom. The quantitative estimate of drug-likeness (QED) is 0.887. The number of rotatable bonds is 6. The molecule has 0 aliphatic rings. The smallest absolute Gasteiger partial charge is 0.309 e. The highest BCUT2D eigenvalue weighted by Crippen LogP contribution is 2.23. The molecule has 0 unspecified atom stereocenters. The van der Waals surface area contributed by atoms with E-state index in [1.54, 1.807) is 11.3 Å². The minimum atomic E-state index is -0.832. The van der Waals surface area contributed by atoms with Crippen LogP contribution in [-0.4, -0.2) is 35.1 Å². The maximum atomic E-state index is 10.9. The van der Waals surface area contributed by atoms with E-state index in [0.717, 1.165) is 22.9 Å². The van der Waals surface area contributed by atoms with E-state index in [4.69, 9.17) is 5.11 Å². The zero-order valence-corrected chi connectivity index (χ0v) is 12.5. The van der Waals surface area contributed by atoms with Gasteiger partial charge in [-0.15, -0.1) is 11.3 Å². The van der Waals surface area contributed by atoms with Crippen molar-refractivity contribution in [1.82, 2.24) is 9.88 Å². The summed E-state index contributed by atoms with van der Waals surface area (Å²) < 4.78 is 0. The molecule has 106 valence electrons. The van der Waals surface area contributed by atoms with Crippen LogP contribution < -0.4 is 0 Å². The van der Waals surface area contributed by atoms with E-state index in [9.17, 15) is 4.79 Å². The summed E-state index contributed by atoms with van der Waals surface area (Å²) in [6.07, 6.45) is 0.750. The van der Waals surface area contributed by atoms with E-state index in [0.29, 0.717) is 5.69 Å². The first-order valence-electron chi connectivity index (χ1n) is 6.42. The van der Waals surface area contributed by atoms with E-state index in [1.807, 2.05) is 37.2 Å². The van der Waals surface area contributed by atoms with Crippen molar-refractivity contribution in [2.45, 2.75) is 19.4 Å². The van der Waals surface area contributed by atoms with Crippen molar-refractivity contribution < 1.29 is 9.90 Å². The summed E-state index contributed by atoms with van der Waals surface area (Å²) in [6, 6.07) is 10.1. The van der Waals surface area contributed by atoms with Crippen molar-refractivity contribution >= 4 is 17.3 Å². The van der Waals surface area contributed by atoms with Gasteiger partial charge in [-0.2, -0.15) is 0 Å². The van der Waals surface area contributed by atoms with Gasteiger partial charge >= 0.3 is 5.97 Å². The normalized spacial score (nSPS) is 10.9. The molecule has 0 aliphatic carbocycles. The molecule has 0 amide bonds.